The van der Waals surface area contributed by atoms with Crippen molar-refractivity contribution >= 4 is 6.03 Å². The van der Waals surface area contributed by atoms with Gasteiger partial charge in [-0.15, -0.1) is 0 Å². The van der Waals surface area contributed by atoms with Crippen LogP contribution in [0.4, 0.5) is 4.79 Å². The second-order valence-electron chi connectivity index (χ2n) is 3.41. The summed E-state index contributed by atoms with van der Waals surface area (Å²) in [6, 6.07) is 2.33. The number of nitrogens with zero attached hydrogens (tertiary/aromatic N) is 2. The first-order chi connectivity index (χ1) is 6.24. The Morgan fingerprint density at radius 2 is 2.38 bits per heavy atom. The van der Waals surface area contributed by atoms with Crippen molar-refractivity contribution in [1.82, 2.24) is 10.2 Å². The van der Waals surface area contributed by atoms with Gasteiger partial charge in [0.15, 0.2) is 0 Å². The monoisotopic (exact) mass is 181 g/mol. The smallest absolute Gasteiger partial charge is 0.317 e. The maximum Gasteiger partial charge on any atom is 0.317 e. The molecule has 2 amide bonds. The molecule has 1 rings (SSSR count). The van der Waals surface area contributed by atoms with E-state index in [1.54, 1.807) is 11.9 Å². The molecule has 0 aromatic rings. The molecule has 13 heavy (non-hydrogen) atoms. The molecule has 0 aliphatic heterocycles. The Morgan fingerprint density at radius 1 is 1.69 bits per heavy atom. The number of carbonyl (C=O) groups excluding carboxylic acids is 1. The lowest BCUT2D eigenvalue weighted by atomic mass is 9.93. The molecule has 1 aliphatic rings. The van der Waals surface area contributed by atoms with Gasteiger partial charge in [-0.1, -0.05) is 0 Å². The van der Waals surface area contributed by atoms with Crippen LogP contribution >= 0.6 is 0 Å². The number of rotatable bonds is 3. The maximum atomic E-state index is 11.4. The van der Waals surface area contributed by atoms with Gasteiger partial charge in [0.25, 0.3) is 0 Å². The van der Waals surface area contributed by atoms with Gasteiger partial charge in [-0.05, 0) is 19.3 Å². The molecule has 0 aromatic carbocycles. The molecule has 1 fully saturated rings. The van der Waals surface area contributed by atoms with Gasteiger partial charge in [-0.2, -0.15) is 5.26 Å². The molecule has 0 aromatic heterocycles. The lowest BCUT2D eigenvalue weighted by Gasteiger charge is -2.28. The molecule has 1 aliphatic carbocycles. The van der Waals surface area contributed by atoms with Crippen LogP contribution in [0.1, 0.15) is 25.7 Å². The normalized spacial score (nSPS) is 15.7. The number of hydrogen-bond acceptors (Lipinski definition) is 2. The van der Waals surface area contributed by atoms with E-state index in [4.69, 9.17) is 5.26 Å². The van der Waals surface area contributed by atoms with Gasteiger partial charge in [0.05, 0.1) is 12.5 Å². The molecule has 0 spiro atoms. The minimum absolute atomic E-state index is 0.0556. The minimum atomic E-state index is -0.0556. The summed E-state index contributed by atoms with van der Waals surface area (Å²) >= 11 is 0. The second-order valence-corrected chi connectivity index (χ2v) is 3.41. The average molecular weight is 181 g/mol. The van der Waals surface area contributed by atoms with Crippen molar-refractivity contribution in [2.45, 2.75) is 31.7 Å². The van der Waals surface area contributed by atoms with Crippen molar-refractivity contribution in [2.24, 2.45) is 0 Å². The SMILES string of the molecule is CN(CCC#N)C(=O)NC1CCC1. The van der Waals surface area contributed by atoms with Crippen LogP contribution in [0.15, 0.2) is 0 Å². The zero-order chi connectivity index (χ0) is 9.68. The first kappa shape index (κ1) is 9.85. The van der Waals surface area contributed by atoms with Crippen molar-refractivity contribution in [1.29, 1.82) is 5.26 Å². The third-order valence-corrected chi connectivity index (χ3v) is 2.34. The van der Waals surface area contributed by atoms with E-state index in [9.17, 15) is 4.79 Å². The molecule has 72 valence electrons. The van der Waals surface area contributed by atoms with Crippen molar-refractivity contribution in [3.8, 4) is 6.07 Å². The highest BCUT2D eigenvalue weighted by Crippen LogP contribution is 2.17. The van der Waals surface area contributed by atoms with Crippen molar-refractivity contribution in [3.05, 3.63) is 0 Å². The average Bonchev–Trinajstić information content (AvgIpc) is 2.06. The van der Waals surface area contributed by atoms with Crippen LogP contribution in [0.3, 0.4) is 0 Å². The fourth-order valence-electron chi connectivity index (χ4n) is 1.16. The summed E-state index contributed by atoms with van der Waals surface area (Å²) in [5.74, 6) is 0. The number of nitrogens with one attached hydrogen (secondary N) is 1. The van der Waals surface area contributed by atoms with Crippen molar-refractivity contribution in [3.63, 3.8) is 0 Å². The molecule has 1 N–H and O–H groups in total. The summed E-state index contributed by atoms with van der Waals surface area (Å²) in [6.07, 6.45) is 3.80. The lowest BCUT2D eigenvalue weighted by molar-refractivity contribution is 0.197. The van der Waals surface area contributed by atoms with Gasteiger partial charge in [0.2, 0.25) is 0 Å². The van der Waals surface area contributed by atoms with Gasteiger partial charge in [-0.25, -0.2) is 4.79 Å². The first-order valence-corrected chi connectivity index (χ1v) is 4.62. The van der Waals surface area contributed by atoms with Crippen LogP contribution < -0.4 is 5.32 Å². The van der Waals surface area contributed by atoms with Crippen LogP contribution in [0.5, 0.6) is 0 Å². The third kappa shape index (κ3) is 2.94. The topological polar surface area (TPSA) is 56.1 Å². The highest BCUT2D eigenvalue weighted by atomic mass is 16.2. The molecule has 0 heterocycles. The Balaban J connectivity index is 2.17. The fourth-order valence-corrected chi connectivity index (χ4v) is 1.16. The summed E-state index contributed by atoms with van der Waals surface area (Å²) < 4.78 is 0. The molecule has 4 nitrogen and oxygen atoms in total. The Bertz CT molecular complexity index is 217. The highest BCUT2D eigenvalue weighted by molar-refractivity contribution is 5.74. The van der Waals surface area contributed by atoms with Gasteiger partial charge < -0.3 is 10.2 Å². The molecule has 0 atom stereocenters. The summed E-state index contributed by atoms with van der Waals surface area (Å²) in [7, 11) is 1.71. The quantitative estimate of drug-likeness (QED) is 0.708. The zero-order valence-electron chi connectivity index (χ0n) is 7.92. The number of nitriles is 1. The van der Waals surface area contributed by atoms with Crippen LogP contribution in [0.25, 0.3) is 0 Å². The Hall–Kier alpha value is -1.24. The summed E-state index contributed by atoms with van der Waals surface area (Å²) in [6.45, 7) is 0.509. The van der Waals surface area contributed by atoms with Crippen LogP contribution in [0.2, 0.25) is 0 Å². The zero-order valence-corrected chi connectivity index (χ0v) is 7.92. The molecule has 0 unspecified atom stereocenters. The first-order valence-electron chi connectivity index (χ1n) is 4.62. The van der Waals surface area contributed by atoms with Crippen molar-refractivity contribution in [2.75, 3.05) is 13.6 Å². The largest absolute Gasteiger partial charge is 0.335 e. The summed E-state index contributed by atoms with van der Waals surface area (Å²) in [4.78, 5) is 12.9. The van der Waals surface area contributed by atoms with E-state index >= 15 is 0 Å². The number of carbonyl (C=O) groups is 1. The molecular formula is C9H15N3O. The maximum absolute atomic E-state index is 11.4. The Morgan fingerprint density at radius 3 is 2.85 bits per heavy atom. The fraction of sp³-hybridized carbons (Fsp3) is 0.778. The van der Waals surface area contributed by atoms with Crippen molar-refractivity contribution < 1.29 is 4.79 Å². The van der Waals surface area contributed by atoms with E-state index in [1.165, 1.54) is 6.42 Å². The third-order valence-electron chi connectivity index (χ3n) is 2.34. The lowest BCUT2D eigenvalue weighted by Crippen LogP contribution is -2.46. The van der Waals surface area contributed by atoms with E-state index < -0.39 is 0 Å². The van der Waals surface area contributed by atoms with Gasteiger partial charge in [-0.3, -0.25) is 0 Å². The second kappa shape index (κ2) is 4.70. The number of urea groups is 1. The van der Waals surface area contributed by atoms with E-state index in [1.807, 2.05) is 6.07 Å². The molecule has 0 saturated heterocycles. The van der Waals surface area contributed by atoms with Crippen LogP contribution in [-0.4, -0.2) is 30.6 Å². The number of amides is 2. The van der Waals surface area contributed by atoms with Gasteiger partial charge in [0, 0.05) is 19.6 Å². The van der Waals surface area contributed by atoms with Crippen LogP contribution in [-0.2, 0) is 0 Å². The predicted molar refractivity (Wildman–Crippen MR) is 49.0 cm³/mol. The predicted octanol–water partition coefficient (Wildman–Crippen LogP) is 1.09. The van der Waals surface area contributed by atoms with E-state index in [-0.39, 0.29) is 6.03 Å². The standard InChI is InChI=1S/C9H15N3O/c1-12(7-3-6-10)9(13)11-8-4-2-5-8/h8H,2-5,7H2,1H3,(H,11,13). The van der Waals surface area contributed by atoms with Crippen LogP contribution in [0, 0.1) is 11.3 Å². The number of hydrogen-bond donors (Lipinski definition) is 1. The van der Waals surface area contributed by atoms with E-state index in [0.717, 1.165) is 12.8 Å². The van der Waals surface area contributed by atoms with Gasteiger partial charge in [0.1, 0.15) is 0 Å². The summed E-state index contributed by atoms with van der Waals surface area (Å²) in [5, 5.41) is 11.2. The highest BCUT2D eigenvalue weighted by Gasteiger charge is 2.20. The molecule has 0 radical (unpaired) electrons. The van der Waals surface area contributed by atoms with Gasteiger partial charge >= 0.3 is 6.03 Å². The van der Waals surface area contributed by atoms with E-state index in [2.05, 4.69) is 5.32 Å². The summed E-state index contributed by atoms with van der Waals surface area (Å²) in [5.41, 5.74) is 0. The molecule has 1 saturated carbocycles. The molecular weight excluding hydrogens is 166 g/mol. The Labute approximate surface area is 78.5 Å². The molecule has 0 bridgehead atoms. The minimum Gasteiger partial charge on any atom is -0.335 e. The van der Waals surface area contributed by atoms with E-state index in [0.29, 0.717) is 19.0 Å². The molecule has 4 heteroatoms. The Kier molecular flexibility index (Phi) is 3.56.